The fourth-order valence-corrected chi connectivity index (χ4v) is 7.44. The summed E-state index contributed by atoms with van der Waals surface area (Å²) in [5.41, 5.74) is 0. The number of nitrogens with zero attached hydrogens (tertiary/aromatic N) is 1. The summed E-state index contributed by atoms with van der Waals surface area (Å²) in [4.78, 5) is 35.4. The van der Waals surface area contributed by atoms with Gasteiger partial charge in [0.25, 0.3) is 0 Å². The fraction of sp³-hybridized carbons (Fsp3) is 0.875. The van der Waals surface area contributed by atoms with Gasteiger partial charge in [-0.3, -0.25) is 18.6 Å². The number of phosphoric ester groups is 1. The Bertz CT molecular complexity index is 1040. The Hall–Kier alpha value is -1.51. The number of allylic oxidation sites excluding steroid dienone is 4. The number of hydrogen-bond donors (Lipinski definition) is 1. The zero-order chi connectivity index (χ0) is 42.8. The van der Waals surface area contributed by atoms with Crippen molar-refractivity contribution in [3.8, 4) is 0 Å². The first kappa shape index (κ1) is 56.5. The van der Waals surface area contributed by atoms with Gasteiger partial charge in [-0.05, 0) is 38.5 Å². The zero-order valence-electron chi connectivity index (χ0n) is 38.5. The molecule has 1 N–H and O–H groups in total. The summed E-state index contributed by atoms with van der Waals surface area (Å²) in [6.45, 7) is 4.37. The van der Waals surface area contributed by atoms with Crippen molar-refractivity contribution in [3.63, 3.8) is 0 Å². The van der Waals surface area contributed by atoms with Gasteiger partial charge < -0.3 is 18.9 Å². The molecule has 0 heterocycles. The second kappa shape index (κ2) is 40.9. The average Bonchev–Trinajstić information content (AvgIpc) is 3.17. The highest BCUT2D eigenvalue weighted by molar-refractivity contribution is 7.47. The van der Waals surface area contributed by atoms with Crippen LogP contribution in [0.4, 0.5) is 0 Å². The lowest BCUT2D eigenvalue weighted by molar-refractivity contribution is -0.870. The van der Waals surface area contributed by atoms with Gasteiger partial charge in [0.2, 0.25) is 0 Å². The van der Waals surface area contributed by atoms with Crippen LogP contribution in [-0.4, -0.2) is 74.9 Å². The third-order valence-corrected chi connectivity index (χ3v) is 11.4. The molecule has 9 nitrogen and oxygen atoms in total. The first-order valence-corrected chi connectivity index (χ1v) is 25.6. The molecule has 0 bridgehead atoms. The van der Waals surface area contributed by atoms with Crippen molar-refractivity contribution >= 4 is 19.8 Å². The lowest BCUT2D eigenvalue weighted by Gasteiger charge is -2.24. The number of carbonyl (C=O) groups excluding carboxylic acids is 2. The van der Waals surface area contributed by atoms with E-state index in [0.29, 0.717) is 23.9 Å². The summed E-state index contributed by atoms with van der Waals surface area (Å²) in [6, 6.07) is 0. The van der Waals surface area contributed by atoms with Gasteiger partial charge in [-0.25, -0.2) is 4.57 Å². The van der Waals surface area contributed by atoms with Crippen LogP contribution in [0.2, 0.25) is 0 Å². The molecule has 0 saturated carbocycles. The van der Waals surface area contributed by atoms with E-state index in [9.17, 15) is 19.0 Å². The Morgan fingerprint density at radius 3 is 1.43 bits per heavy atom. The van der Waals surface area contributed by atoms with Gasteiger partial charge in [-0.2, -0.15) is 0 Å². The monoisotopic (exact) mass is 843 g/mol. The normalized spacial score (nSPS) is 13.7. The first-order valence-electron chi connectivity index (χ1n) is 24.1. The van der Waals surface area contributed by atoms with Crippen molar-refractivity contribution in [3.05, 3.63) is 24.3 Å². The molecular weight excluding hydrogens is 750 g/mol. The minimum atomic E-state index is -4.38. The number of hydrogen-bond acceptors (Lipinski definition) is 7. The Labute approximate surface area is 358 Å². The minimum absolute atomic E-state index is 0.0307. The molecule has 0 aromatic heterocycles. The topological polar surface area (TPSA) is 108 Å². The standard InChI is InChI=1S/C48H92NO8P/c1-6-8-10-12-14-16-18-20-21-22-23-24-25-26-27-29-30-32-34-36-38-40-47(50)54-44-46(45-56-58(52,53)55-43-42-49(3,4)5)57-48(51)41-39-37-35-33-31-28-19-17-15-13-11-9-7-2/h11,13,17,19,46H,6-10,12,14-16,18,20-45H2,1-5H3/p+1/b13-11-,19-17-. The molecule has 0 rings (SSSR count). The van der Waals surface area contributed by atoms with Gasteiger partial charge in [0.1, 0.15) is 19.8 Å². The van der Waals surface area contributed by atoms with Crippen molar-refractivity contribution in [2.75, 3.05) is 47.5 Å². The molecule has 0 aliphatic rings. The number of quaternary nitrogens is 1. The molecule has 0 spiro atoms. The van der Waals surface area contributed by atoms with Gasteiger partial charge >= 0.3 is 19.8 Å². The SMILES string of the molecule is CCC/C=C\C/C=C\CCCCCCCC(=O)OC(COC(=O)CCCCCCCCCCCCCCCCCCCCCCC)COP(=O)(O)OCC[N+](C)(C)C. The molecule has 0 amide bonds. The second-order valence-corrected chi connectivity index (χ2v) is 19.0. The van der Waals surface area contributed by atoms with Crippen molar-refractivity contribution in [2.24, 2.45) is 0 Å². The molecule has 0 aliphatic heterocycles. The zero-order valence-corrected chi connectivity index (χ0v) is 39.4. The molecule has 2 unspecified atom stereocenters. The highest BCUT2D eigenvalue weighted by Gasteiger charge is 2.27. The van der Waals surface area contributed by atoms with Gasteiger partial charge in [0.05, 0.1) is 27.7 Å². The summed E-state index contributed by atoms with van der Waals surface area (Å²) < 4.78 is 34.3. The Balaban J connectivity index is 4.21. The van der Waals surface area contributed by atoms with Crippen LogP contribution in [0.5, 0.6) is 0 Å². The molecule has 342 valence electrons. The largest absolute Gasteiger partial charge is 0.472 e. The molecule has 58 heavy (non-hydrogen) atoms. The predicted molar refractivity (Wildman–Crippen MR) is 243 cm³/mol. The van der Waals surface area contributed by atoms with Crippen LogP contribution in [0.1, 0.15) is 219 Å². The number of unbranched alkanes of at least 4 members (excludes halogenated alkanes) is 26. The molecule has 2 atom stereocenters. The average molecular weight is 843 g/mol. The second-order valence-electron chi connectivity index (χ2n) is 17.5. The van der Waals surface area contributed by atoms with Gasteiger partial charge in [-0.15, -0.1) is 0 Å². The van der Waals surface area contributed by atoms with Crippen LogP contribution in [0, 0.1) is 0 Å². The molecule has 0 aromatic carbocycles. The van der Waals surface area contributed by atoms with Crippen LogP contribution in [-0.2, 0) is 32.7 Å². The lowest BCUT2D eigenvalue weighted by Crippen LogP contribution is -2.37. The molecular formula is C48H93NO8P+. The van der Waals surface area contributed by atoms with E-state index in [0.717, 1.165) is 64.2 Å². The molecule has 0 aromatic rings. The van der Waals surface area contributed by atoms with E-state index in [2.05, 4.69) is 38.2 Å². The van der Waals surface area contributed by atoms with E-state index < -0.39 is 26.5 Å². The third-order valence-electron chi connectivity index (χ3n) is 10.5. The number of ether oxygens (including phenoxy) is 2. The van der Waals surface area contributed by atoms with E-state index in [-0.39, 0.29) is 25.6 Å². The van der Waals surface area contributed by atoms with Crippen molar-refractivity contribution in [1.82, 2.24) is 0 Å². The van der Waals surface area contributed by atoms with E-state index in [4.69, 9.17) is 18.5 Å². The third kappa shape index (κ3) is 44.1. The maximum atomic E-state index is 12.7. The first-order chi connectivity index (χ1) is 28.0. The maximum absolute atomic E-state index is 12.7. The van der Waals surface area contributed by atoms with Gasteiger partial charge in [-0.1, -0.05) is 192 Å². The summed E-state index contributed by atoms with van der Waals surface area (Å²) in [7, 11) is 1.47. The Morgan fingerprint density at radius 1 is 0.534 bits per heavy atom. The number of carbonyl (C=O) groups is 2. The van der Waals surface area contributed by atoms with Crippen LogP contribution >= 0.6 is 7.82 Å². The van der Waals surface area contributed by atoms with Crippen molar-refractivity contribution < 1.29 is 42.1 Å². The molecule has 0 fully saturated rings. The van der Waals surface area contributed by atoms with Crippen molar-refractivity contribution in [1.29, 1.82) is 0 Å². The van der Waals surface area contributed by atoms with Crippen molar-refractivity contribution in [2.45, 2.75) is 225 Å². The summed E-state index contributed by atoms with van der Waals surface area (Å²) in [6.07, 6.45) is 45.2. The van der Waals surface area contributed by atoms with E-state index in [1.807, 2.05) is 21.1 Å². The smallest absolute Gasteiger partial charge is 0.462 e. The number of rotatable bonds is 44. The highest BCUT2D eigenvalue weighted by atomic mass is 31.2. The minimum Gasteiger partial charge on any atom is -0.462 e. The lowest BCUT2D eigenvalue weighted by atomic mass is 10.0. The van der Waals surface area contributed by atoms with E-state index >= 15 is 0 Å². The van der Waals surface area contributed by atoms with Crippen LogP contribution < -0.4 is 0 Å². The van der Waals surface area contributed by atoms with Crippen LogP contribution in [0.15, 0.2) is 24.3 Å². The van der Waals surface area contributed by atoms with Gasteiger partial charge in [0, 0.05) is 12.8 Å². The Morgan fingerprint density at radius 2 is 0.966 bits per heavy atom. The highest BCUT2D eigenvalue weighted by Crippen LogP contribution is 2.43. The predicted octanol–water partition coefficient (Wildman–Crippen LogP) is 13.9. The van der Waals surface area contributed by atoms with Crippen LogP contribution in [0.25, 0.3) is 0 Å². The molecule has 0 saturated heterocycles. The number of phosphoric acid groups is 1. The Kier molecular flexibility index (Phi) is 39.8. The number of esters is 2. The number of likely N-dealkylation sites (N-methyl/N-ethyl adjacent to an activating group) is 1. The van der Waals surface area contributed by atoms with Gasteiger partial charge in [0.15, 0.2) is 6.10 Å². The molecule has 10 heteroatoms. The van der Waals surface area contributed by atoms with E-state index in [1.54, 1.807) is 0 Å². The van der Waals surface area contributed by atoms with E-state index in [1.165, 1.54) is 122 Å². The summed E-state index contributed by atoms with van der Waals surface area (Å²) in [5.74, 6) is -0.806. The molecule has 0 aliphatic carbocycles. The fourth-order valence-electron chi connectivity index (χ4n) is 6.70. The summed E-state index contributed by atoms with van der Waals surface area (Å²) >= 11 is 0. The van der Waals surface area contributed by atoms with Crippen LogP contribution in [0.3, 0.4) is 0 Å². The summed E-state index contributed by atoms with van der Waals surface area (Å²) in [5, 5.41) is 0. The molecule has 0 radical (unpaired) electrons. The maximum Gasteiger partial charge on any atom is 0.472 e. The quantitative estimate of drug-likeness (QED) is 0.0212.